The van der Waals surface area contributed by atoms with E-state index in [1.54, 1.807) is 53.4 Å². The standard InChI is InChI=1S/C30H25ClN2O3S/c1-19-11-12-20(2)23(15-19)18-33-26-16-21(29(34)32-17-22-7-3-5-9-25(22)31)13-14-28(26)37(36)27-10-6-4-8-24(27)30(33)35/h3-16H,17-18H2,1-2H3,(H,32,34)/t37-/m0/s1. The van der Waals surface area contributed by atoms with Gasteiger partial charge in [-0.1, -0.05) is 65.7 Å². The molecule has 1 aliphatic heterocycles. The number of nitrogens with one attached hydrogen (secondary N) is 1. The molecule has 4 aromatic rings. The van der Waals surface area contributed by atoms with Gasteiger partial charge >= 0.3 is 0 Å². The molecule has 1 N–H and O–H groups in total. The van der Waals surface area contributed by atoms with E-state index in [0.717, 1.165) is 22.3 Å². The van der Waals surface area contributed by atoms with Crippen LogP contribution in [-0.4, -0.2) is 16.0 Å². The Morgan fingerprint density at radius 1 is 0.892 bits per heavy atom. The van der Waals surface area contributed by atoms with Crippen LogP contribution in [0.1, 0.15) is 43.0 Å². The van der Waals surface area contributed by atoms with Crippen molar-refractivity contribution in [2.75, 3.05) is 4.90 Å². The van der Waals surface area contributed by atoms with Crippen LogP contribution in [0.3, 0.4) is 0 Å². The number of benzene rings is 4. The zero-order chi connectivity index (χ0) is 26.1. The normalized spacial score (nSPS) is 14.5. The summed E-state index contributed by atoms with van der Waals surface area (Å²) in [5.41, 5.74) is 5.14. The highest BCUT2D eigenvalue weighted by atomic mass is 35.5. The van der Waals surface area contributed by atoms with Crippen molar-refractivity contribution in [3.8, 4) is 0 Å². The van der Waals surface area contributed by atoms with Crippen LogP contribution in [0.5, 0.6) is 0 Å². The number of hydrogen-bond acceptors (Lipinski definition) is 3. The summed E-state index contributed by atoms with van der Waals surface area (Å²) in [5.74, 6) is -0.563. The van der Waals surface area contributed by atoms with E-state index in [1.807, 2.05) is 44.2 Å². The molecule has 4 aromatic carbocycles. The maximum absolute atomic E-state index is 13.9. The molecule has 0 radical (unpaired) electrons. The van der Waals surface area contributed by atoms with E-state index in [2.05, 4.69) is 11.4 Å². The minimum atomic E-state index is -1.59. The molecule has 2 amide bonds. The van der Waals surface area contributed by atoms with Crippen LogP contribution in [0.25, 0.3) is 0 Å². The van der Waals surface area contributed by atoms with E-state index in [9.17, 15) is 13.8 Å². The van der Waals surface area contributed by atoms with Crippen LogP contribution >= 0.6 is 11.6 Å². The molecule has 5 rings (SSSR count). The third-order valence-corrected chi connectivity index (χ3v) is 8.37. The Kier molecular flexibility index (Phi) is 6.96. The fourth-order valence-electron chi connectivity index (χ4n) is 4.42. The van der Waals surface area contributed by atoms with Crippen molar-refractivity contribution in [1.29, 1.82) is 0 Å². The lowest BCUT2D eigenvalue weighted by molar-refractivity contribution is 0.0947. The molecular weight excluding hydrogens is 504 g/mol. The van der Waals surface area contributed by atoms with Gasteiger partial charge in [0.1, 0.15) is 0 Å². The lowest BCUT2D eigenvalue weighted by atomic mass is 10.0. The highest BCUT2D eigenvalue weighted by Gasteiger charge is 2.31. The molecule has 0 saturated heterocycles. The summed E-state index contributed by atoms with van der Waals surface area (Å²) in [6.07, 6.45) is 0. The number of hydrogen-bond donors (Lipinski definition) is 1. The zero-order valence-electron chi connectivity index (χ0n) is 20.5. The summed E-state index contributed by atoms with van der Waals surface area (Å²) in [4.78, 5) is 29.6. The average Bonchev–Trinajstić information content (AvgIpc) is 2.99. The maximum Gasteiger partial charge on any atom is 0.259 e. The molecule has 1 heterocycles. The number of carbonyl (C=O) groups is 2. The third kappa shape index (κ3) is 4.95. The molecule has 37 heavy (non-hydrogen) atoms. The van der Waals surface area contributed by atoms with Crippen molar-refractivity contribution in [2.24, 2.45) is 0 Å². The van der Waals surface area contributed by atoms with Gasteiger partial charge < -0.3 is 10.2 Å². The first-order valence-electron chi connectivity index (χ1n) is 11.9. The Balaban J connectivity index is 1.56. The molecule has 0 spiro atoms. The first-order valence-corrected chi connectivity index (χ1v) is 13.4. The number of rotatable bonds is 5. The van der Waals surface area contributed by atoms with E-state index in [1.165, 1.54) is 0 Å². The van der Waals surface area contributed by atoms with Crippen LogP contribution in [0.4, 0.5) is 5.69 Å². The van der Waals surface area contributed by atoms with Gasteiger partial charge in [0.25, 0.3) is 11.8 Å². The lowest BCUT2D eigenvalue weighted by Crippen LogP contribution is -2.31. The van der Waals surface area contributed by atoms with E-state index in [4.69, 9.17) is 11.6 Å². The van der Waals surface area contributed by atoms with E-state index >= 15 is 0 Å². The van der Waals surface area contributed by atoms with Gasteiger partial charge in [-0.3, -0.25) is 9.59 Å². The minimum absolute atomic E-state index is 0.253. The molecule has 1 atom stereocenters. The van der Waals surface area contributed by atoms with Crippen molar-refractivity contribution in [3.63, 3.8) is 0 Å². The highest BCUT2D eigenvalue weighted by Crippen LogP contribution is 2.36. The van der Waals surface area contributed by atoms with Crippen molar-refractivity contribution < 1.29 is 13.8 Å². The van der Waals surface area contributed by atoms with Gasteiger partial charge in [0.15, 0.2) is 0 Å². The number of fused-ring (bicyclic) bond motifs is 2. The Bertz CT molecular complexity index is 1570. The lowest BCUT2D eigenvalue weighted by Gasteiger charge is -2.24. The summed E-state index contributed by atoms with van der Waals surface area (Å²) in [6, 6.07) is 25.4. The monoisotopic (exact) mass is 528 g/mol. The Labute approximate surface area is 223 Å². The fourth-order valence-corrected chi connectivity index (χ4v) is 5.97. The number of amides is 2. The van der Waals surface area contributed by atoms with E-state index < -0.39 is 10.8 Å². The summed E-state index contributed by atoms with van der Waals surface area (Å²) in [7, 11) is -1.59. The average molecular weight is 529 g/mol. The van der Waals surface area contributed by atoms with E-state index in [0.29, 0.717) is 31.6 Å². The molecule has 0 aliphatic carbocycles. The minimum Gasteiger partial charge on any atom is -0.348 e. The fraction of sp³-hybridized carbons (Fsp3) is 0.133. The van der Waals surface area contributed by atoms with Crippen molar-refractivity contribution in [1.82, 2.24) is 5.32 Å². The molecule has 0 fully saturated rings. The third-order valence-electron chi connectivity index (χ3n) is 6.50. The second kappa shape index (κ2) is 10.3. The van der Waals surface area contributed by atoms with Crippen molar-refractivity contribution >= 4 is 39.9 Å². The first kappa shape index (κ1) is 24.9. The van der Waals surface area contributed by atoms with E-state index in [-0.39, 0.29) is 24.9 Å². The molecule has 0 aromatic heterocycles. The van der Waals surface area contributed by atoms with Crippen molar-refractivity contribution in [2.45, 2.75) is 36.7 Å². The van der Waals surface area contributed by atoms with Gasteiger partial charge in [0.2, 0.25) is 0 Å². The first-order chi connectivity index (χ1) is 17.8. The topological polar surface area (TPSA) is 66.5 Å². The number of nitrogens with zero attached hydrogens (tertiary/aromatic N) is 1. The van der Waals surface area contributed by atoms with Crippen molar-refractivity contribution in [3.05, 3.63) is 123 Å². The summed E-state index contributed by atoms with van der Waals surface area (Å²) in [6.45, 7) is 4.56. The van der Waals surface area contributed by atoms with Gasteiger partial charge in [0.05, 0.1) is 38.4 Å². The number of anilines is 1. The number of aryl methyl sites for hydroxylation is 2. The van der Waals surface area contributed by atoms with Gasteiger partial charge in [-0.15, -0.1) is 0 Å². The molecular formula is C30H25ClN2O3S. The molecule has 186 valence electrons. The molecule has 1 aliphatic rings. The van der Waals surface area contributed by atoms with Gasteiger partial charge in [0, 0.05) is 17.1 Å². The summed E-state index contributed by atoms with van der Waals surface area (Å²) < 4.78 is 13.6. The zero-order valence-corrected chi connectivity index (χ0v) is 22.0. The smallest absolute Gasteiger partial charge is 0.259 e. The predicted octanol–water partition coefficient (Wildman–Crippen LogP) is 6.21. The van der Waals surface area contributed by atoms with Crippen LogP contribution in [0.2, 0.25) is 5.02 Å². The summed E-state index contributed by atoms with van der Waals surface area (Å²) >= 11 is 6.23. The molecule has 0 bridgehead atoms. The predicted molar refractivity (Wildman–Crippen MR) is 147 cm³/mol. The molecule has 5 nitrogen and oxygen atoms in total. The molecule has 0 saturated carbocycles. The Hall–Kier alpha value is -3.74. The SMILES string of the molecule is Cc1ccc(C)c(CN2C(=O)c3ccccc3[S@](=O)c3ccc(C(=O)NCc4ccccc4Cl)cc32)c1. The summed E-state index contributed by atoms with van der Waals surface area (Å²) in [5, 5.41) is 3.47. The largest absolute Gasteiger partial charge is 0.348 e. The second-order valence-electron chi connectivity index (χ2n) is 9.04. The highest BCUT2D eigenvalue weighted by molar-refractivity contribution is 7.85. The van der Waals surface area contributed by atoms with Crippen LogP contribution in [-0.2, 0) is 23.9 Å². The van der Waals surface area contributed by atoms with Crippen LogP contribution in [0, 0.1) is 13.8 Å². The van der Waals surface area contributed by atoms with Gasteiger partial charge in [-0.05, 0) is 66.9 Å². The van der Waals surface area contributed by atoms with Gasteiger partial charge in [-0.25, -0.2) is 4.21 Å². The second-order valence-corrected chi connectivity index (χ2v) is 10.9. The molecule has 0 unspecified atom stereocenters. The van der Waals surface area contributed by atoms with Crippen LogP contribution in [0.15, 0.2) is 94.7 Å². The van der Waals surface area contributed by atoms with Gasteiger partial charge in [-0.2, -0.15) is 0 Å². The van der Waals surface area contributed by atoms with Crippen LogP contribution < -0.4 is 10.2 Å². The Morgan fingerprint density at radius 3 is 2.46 bits per heavy atom. The molecule has 7 heteroatoms. The number of carbonyl (C=O) groups excluding carboxylic acids is 2. The number of halogens is 1. The maximum atomic E-state index is 13.9. The quantitative estimate of drug-likeness (QED) is 0.334. The Morgan fingerprint density at radius 2 is 1.65 bits per heavy atom.